The van der Waals surface area contributed by atoms with Crippen molar-refractivity contribution >= 4 is 26.9 Å². The van der Waals surface area contributed by atoms with Crippen molar-refractivity contribution in [2.75, 3.05) is 13.7 Å². The van der Waals surface area contributed by atoms with Gasteiger partial charge in [0.15, 0.2) is 0 Å². The Morgan fingerprint density at radius 2 is 2.12 bits per heavy atom. The van der Waals surface area contributed by atoms with Gasteiger partial charge < -0.3 is 9.15 Å². The number of fused-ring (bicyclic) bond motifs is 1. The highest BCUT2D eigenvalue weighted by molar-refractivity contribution is 9.10. The van der Waals surface area contributed by atoms with Crippen LogP contribution in [-0.2, 0) is 6.54 Å². The normalized spacial score (nSPS) is 17.7. The summed E-state index contributed by atoms with van der Waals surface area (Å²) in [6.45, 7) is 1.74. The number of ether oxygens (including phenoxy) is 1. The molecule has 0 radical (unpaired) electrons. The average molecular weight is 414 g/mol. The van der Waals surface area contributed by atoms with Gasteiger partial charge in [0.05, 0.1) is 7.11 Å². The number of hydrogen-bond donors (Lipinski definition) is 0. The van der Waals surface area contributed by atoms with E-state index in [1.807, 2.05) is 30.3 Å². The van der Waals surface area contributed by atoms with Gasteiger partial charge in [0.1, 0.15) is 11.3 Å². The highest BCUT2D eigenvalue weighted by Crippen LogP contribution is 2.35. The summed E-state index contributed by atoms with van der Waals surface area (Å²) in [7, 11) is 1.69. The molecule has 1 aliphatic heterocycles. The van der Waals surface area contributed by atoms with Crippen molar-refractivity contribution in [2.24, 2.45) is 0 Å². The van der Waals surface area contributed by atoms with Crippen LogP contribution in [0.25, 0.3) is 11.0 Å². The van der Waals surface area contributed by atoms with E-state index in [9.17, 15) is 4.79 Å². The first-order chi connectivity index (χ1) is 12.6. The molecule has 2 aromatic carbocycles. The lowest BCUT2D eigenvalue weighted by Gasteiger charge is -2.25. The van der Waals surface area contributed by atoms with Crippen LogP contribution in [0.15, 0.2) is 62.2 Å². The van der Waals surface area contributed by atoms with Crippen LogP contribution in [0.1, 0.15) is 30.0 Å². The third-order valence-corrected chi connectivity index (χ3v) is 5.50. The van der Waals surface area contributed by atoms with Crippen molar-refractivity contribution in [1.82, 2.24) is 4.90 Å². The zero-order valence-electron chi connectivity index (χ0n) is 14.6. The van der Waals surface area contributed by atoms with Crippen LogP contribution in [0.3, 0.4) is 0 Å². The zero-order valence-corrected chi connectivity index (χ0v) is 16.2. The summed E-state index contributed by atoms with van der Waals surface area (Å²) < 4.78 is 11.6. The molecule has 1 atom stereocenters. The lowest BCUT2D eigenvalue weighted by Crippen LogP contribution is -2.23. The van der Waals surface area contributed by atoms with Gasteiger partial charge in [-0.15, -0.1) is 0 Å². The van der Waals surface area contributed by atoms with Gasteiger partial charge in [0.25, 0.3) is 0 Å². The summed E-state index contributed by atoms with van der Waals surface area (Å²) in [6, 6.07) is 16.1. The zero-order chi connectivity index (χ0) is 18.1. The largest absolute Gasteiger partial charge is 0.497 e. The molecule has 1 aliphatic rings. The molecule has 1 unspecified atom stereocenters. The first-order valence-electron chi connectivity index (χ1n) is 8.74. The maximum absolute atomic E-state index is 12.0. The monoisotopic (exact) mass is 413 g/mol. The molecule has 1 fully saturated rings. The lowest BCUT2D eigenvalue weighted by atomic mass is 10.0. The summed E-state index contributed by atoms with van der Waals surface area (Å²) in [5.74, 6) is 0.880. The quantitative estimate of drug-likeness (QED) is 0.570. The van der Waals surface area contributed by atoms with Gasteiger partial charge in [0.2, 0.25) is 0 Å². The summed E-state index contributed by atoms with van der Waals surface area (Å²) in [6.07, 6.45) is 2.25. The molecule has 0 spiro atoms. The molecule has 4 rings (SSSR count). The molecule has 4 nitrogen and oxygen atoms in total. The molecule has 1 saturated heterocycles. The third kappa shape index (κ3) is 3.41. The second kappa shape index (κ2) is 7.25. The Morgan fingerprint density at radius 3 is 2.96 bits per heavy atom. The van der Waals surface area contributed by atoms with Gasteiger partial charge in [-0.2, -0.15) is 0 Å². The molecule has 134 valence electrons. The molecule has 0 N–H and O–H groups in total. The predicted molar refractivity (Wildman–Crippen MR) is 106 cm³/mol. The van der Waals surface area contributed by atoms with Crippen LogP contribution >= 0.6 is 15.9 Å². The van der Waals surface area contributed by atoms with Gasteiger partial charge >= 0.3 is 5.63 Å². The molecule has 5 heteroatoms. The summed E-state index contributed by atoms with van der Waals surface area (Å²) in [5.41, 5.74) is 2.59. The Balaban J connectivity index is 1.68. The van der Waals surface area contributed by atoms with Crippen molar-refractivity contribution in [1.29, 1.82) is 0 Å². The van der Waals surface area contributed by atoms with E-state index in [2.05, 4.69) is 33.0 Å². The molecule has 0 amide bonds. The van der Waals surface area contributed by atoms with Crippen molar-refractivity contribution < 1.29 is 9.15 Å². The van der Waals surface area contributed by atoms with E-state index in [1.54, 1.807) is 13.2 Å². The van der Waals surface area contributed by atoms with Crippen molar-refractivity contribution in [3.05, 3.63) is 74.6 Å². The number of halogens is 1. The van der Waals surface area contributed by atoms with Gasteiger partial charge in [-0.1, -0.05) is 28.1 Å². The molecular weight excluding hydrogens is 394 g/mol. The topological polar surface area (TPSA) is 42.7 Å². The van der Waals surface area contributed by atoms with E-state index in [4.69, 9.17) is 9.15 Å². The smallest absolute Gasteiger partial charge is 0.336 e. The van der Waals surface area contributed by atoms with Gasteiger partial charge in [-0.3, -0.25) is 4.90 Å². The SMILES string of the molecule is COc1cccc(C2CCCN2Cc2cc(=O)oc3cc(Br)ccc23)c1. The van der Waals surface area contributed by atoms with E-state index in [-0.39, 0.29) is 5.63 Å². The Morgan fingerprint density at radius 1 is 1.23 bits per heavy atom. The minimum atomic E-state index is -0.303. The number of methoxy groups -OCH3 is 1. The van der Waals surface area contributed by atoms with Crippen LogP contribution in [-0.4, -0.2) is 18.6 Å². The number of likely N-dealkylation sites (tertiary alicyclic amines) is 1. The van der Waals surface area contributed by atoms with Crippen LogP contribution in [0.5, 0.6) is 5.75 Å². The highest BCUT2D eigenvalue weighted by Gasteiger charge is 2.27. The Bertz CT molecular complexity index is 998. The Hall–Kier alpha value is -2.11. The lowest BCUT2D eigenvalue weighted by molar-refractivity contribution is 0.248. The fourth-order valence-electron chi connectivity index (χ4n) is 3.80. The van der Waals surface area contributed by atoms with Gasteiger partial charge in [-0.25, -0.2) is 4.79 Å². The Kier molecular flexibility index (Phi) is 4.83. The average Bonchev–Trinajstić information content (AvgIpc) is 3.09. The minimum absolute atomic E-state index is 0.303. The third-order valence-electron chi connectivity index (χ3n) is 5.01. The maximum Gasteiger partial charge on any atom is 0.336 e. The molecule has 26 heavy (non-hydrogen) atoms. The first kappa shape index (κ1) is 17.3. The maximum atomic E-state index is 12.0. The fraction of sp³-hybridized carbons (Fsp3) is 0.286. The summed E-state index contributed by atoms with van der Waals surface area (Å²) in [4.78, 5) is 14.4. The minimum Gasteiger partial charge on any atom is -0.497 e. The van der Waals surface area contributed by atoms with Gasteiger partial charge in [0, 0.05) is 28.5 Å². The molecular formula is C21H20BrNO3. The second-order valence-electron chi connectivity index (χ2n) is 6.64. The van der Waals surface area contributed by atoms with Crippen LogP contribution in [0.2, 0.25) is 0 Å². The molecule has 0 saturated carbocycles. The second-order valence-corrected chi connectivity index (χ2v) is 7.55. The molecule has 3 aromatic rings. The van der Waals surface area contributed by atoms with E-state index >= 15 is 0 Å². The van der Waals surface area contributed by atoms with Crippen LogP contribution in [0, 0.1) is 0 Å². The van der Waals surface area contributed by atoms with E-state index < -0.39 is 0 Å². The number of nitrogens with zero attached hydrogens (tertiary/aromatic N) is 1. The fourth-order valence-corrected chi connectivity index (χ4v) is 4.14. The highest BCUT2D eigenvalue weighted by atomic mass is 79.9. The summed E-state index contributed by atoms with van der Waals surface area (Å²) >= 11 is 3.44. The summed E-state index contributed by atoms with van der Waals surface area (Å²) in [5, 5.41) is 0.990. The van der Waals surface area contributed by atoms with E-state index in [0.717, 1.165) is 47.1 Å². The van der Waals surface area contributed by atoms with Crippen LogP contribution in [0.4, 0.5) is 0 Å². The predicted octanol–water partition coefficient (Wildman–Crippen LogP) is 4.90. The number of benzene rings is 2. The van der Waals surface area contributed by atoms with Crippen molar-refractivity contribution in [2.45, 2.75) is 25.4 Å². The van der Waals surface area contributed by atoms with Crippen molar-refractivity contribution in [3.63, 3.8) is 0 Å². The number of rotatable bonds is 4. The van der Waals surface area contributed by atoms with E-state index in [1.165, 1.54) is 5.56 Å². The first-order valence-corrected chi connectivity index (χ1v) is 9.53. The molecule has 0 aliphatic carbocycles. The molecule has 0 bridgehead atoms. The van der Waals surface area contributed by atoms with E-state index in [0.29, 0.717) is 11.6 Å². The van der Waals surface area contributed by atoms with Crippen molar-refractivity contribution in [3.8, 4) is 5.75 Å². The van der Waals surface area contributed by atoms with Crippen LogP contribution < -0.4 is 10.4 Å². The standard InChI is InChI=1S/C21H20BrNO3/c1-25-17-5-2-4-14(10-17)19-6-3-9-23(19)13-15-11-21(24)26-20-12-16(22)7-8-18(15)20/h2,4-5,7-8,10-12,19H,3,6,9,13H2,1H3. The Labute approximate surface area is 160 Å². The molecule has 1 aromatic heterocycles. The molecule has 2 heterocycles. The number of hydrogen-bond acceptors (Lipinski definition) is 4. The van der Waals surface area contributed by atoms with Gasteiger partial charge in [-0.05, 0) is 60.8 Å².